The van der Waals surface area contributed by atoms with Crippen LogP contribution in [0.1, 0.15) is 12.0 Å². The van der Waals surface area contributed by atoms with E-state index in [1.165, 1.54) is 6.07 Å². The monoisotopic (exact) mass is 283 g/mol. The lowest BCUT2D eigenvalue weighted by molar-refractivity contribution is -0.109. The summed E-state index contributed by atoms with van der Waals surface area (Å²) in [5.41, 5.74) is 0.600. The van der Waals surface area contributed by atoms with Crippen LogP contribution in [0.3, 0.4) is 0 Å². The molecule has 84 valence electrons. The third kappa shape index (κ3) is 1.29. The van der Waals surface area contributed by atoms with Gasteiger partial charge in [-0.05, 0) is 36.1 Å². The van der Waals surface area contributed by atoms with Crippen LogP contribution in [0.25, 0.3) is 0 Å². The summed E-state index contributed by atoms with van der Waals surface area (Å²) in [5, 5.41) is 3.14. The zero-order valence-corrected chi connectivity index (χ0v) is 10.1. The summed E-state index contributed by atoms with van der Waals surface area (Å²) in [5.74, 6) is 0.104. The number of carbonyl (C=O) groups is 1. The van der Waals surface area contributed by atoms with Crippen LogP contribution in [-0.4, -0.2) is 18.9 Å². The van der Waals surface area contributed by atoms with Crippen molar-refractivity contribution in [3.8, 4) is 0 Å². The summed E-state index contributed by atoms with van der Waals surface area (Å²) >= 11 is 3.36. The lowest BCUT2D eigenvalue weighted by Gasteiger charge is -2.13. The van der Waals surface area contributed by atoms with Crippen molar-refractivity contribution in [3.05, 3.63) is 34.1 Å². The van der Waals surface area contributed by atoms with Gasteiger partial charge in [0.25, 0.3) is 0 Å². The Balaban J connectivity index is 2.00. The van der Waals surface area contributed by atoms with Crippen molar-refractivity contribution >= 4 is 22.2 Å². The molecule has 2 aliphatic rings. The van der Waals surface area contributed by atoms with Gasteiger partial charge in [-0.2, -0.15) is 0 Å². The van der Waals surface area contributed by atoms with Crippen LogP contribution in [0, 0.1) is 11.7 Å². The molecular formula is C12H11BrFNO. The fraction of sp³-hybridized carbons (Fsp3) is 0.417. The van der Waals surface area contributed by atoms with Crippen LogP contribution in [-0.2, 0) is 10.2 Å². The second-order valence-corrected chi connectivity index (χ2v) is 5.55. The summed E-state index contributed by atoms with van der Waals surface area (Å²) < 4.78 is 14.7. The minimum absolute atomic E-state index is 0.0987. The van der Waals surface area contributed by atoms with Crippen molar-refractivity contribution < 1.29 is 9.18 Å². The minimum Gasteiger partial charge on any atom is -0.307 e. The summed E-state index contributed by atoms with van der Waals surface area (Å²) in [4.78, 5) is 10.8. The Hall–Kier alpha value is -0.740. The van der Waals surface area contributed by atoms with E-state index in [0.717, 1.165) is 22.7 Å². The van der Waals surface area contributed by atoms with Crippen molar-refractivity contribution in [2.75, 3.05) is 6.54 Å². The Morgan fingerprint density at radius 2 is 2.38 bits per heavy atom. The molecule has 4 heteroatoms. The number of hydrogen-bond acceptors (Lipinski definition) is 2. The van der Waals surface area contributed by atoms with Crippen molar-refractivity contribution in [1.29, 1.82) is 0 Å². The van der Waals surface area contributed by atoms with Crippen LogP contribution in [0.2, 0.25) is 0 Å². The van der Waals surface area contributed by atoms with Gasteiger partial charge < -0.3 is 10.1 Å². The first-order valence-electron chi connectivity index (χ1n) is 5.31. The van der Waals surface area contributed by atoms with Gasteiger partial charge in [-0.15, -0.1) is 0 Å². The van der Waals surface area contributed by atoms with Gasteiger partial charge in [0.05, 0.1) is 6.04 Å². The topological polar surface area (TPSA) is 29.1 Å². The average molecular weight is 284 g/mol. The summed E-state index contributed by atoms with van der Waals surface area (Å²) in [6.45, 7) is 0.703. The van der Waals surface area contributed by atoms with Crippen LogP contribution >= 0.6 is 15.9 Å². The highest BCUT2D eigenvalue weighted by atomic mass is 79.9. The van der Waals surface area contributed by atoms with E-state index in [1.54, 1.807) is 6.07 Å². The zero-order valence-electron chi connectivity index (χ0n) is 8.54. The predicted molar refractivity (Wildman–Crippen MR) is 61.7 cm³/mol. The quantitative estimate of drug-likeness (QED) is 0.842. The van der Waals surface area contributed by atoms with Gasteiger partial charge in [0.2, 0.25) is 0 Å². The lowest BCUT2D eigenvalue weighted by atomic mass is 9.94. The summed E-state index contributed by atoms with van der Waals surface area (Å²) in [7, 11) is 0. The molecule has 1 saturated carbocycles. The molecule has 3 rings (SSSR count). The van der Waals surface area contributed by atoms with Crippen molar-refractivity contribution in [2.24, 2.45) is 5.92 Å². The van der Waals surface area contributed by atoms with E-state index in [-0.39, 0.29) is 23.2 Å². The SMILES string of the molecule is O=CC1NC[C@@]2(c3cc(Br)ccc3F)C[C@@H]12. The largest absolute Gasteiger partial charge is 0.307 e. The van der Waals surface area contributed by atoms with Gasteiger partial charge >= 0.3 is 0 Å². The maximum atomic E-state index is 13.8. The molecule has 3 atom stereocenters. The number of fused-ring (bicyclic) bond motifs is 1. The molecule has 0 bridgehead atoms. The van der Waals surface area contributed by atoms with Crippen LogP contribution in [0.4, 0.5) is 4.39 Å². The molecule has 1 aromatic carbocycles. The Bertz CT molecular complexity index is 464. The fourth-order valence-corrected chi connectivity index (χ4v) is 3.24. The number of benzene rings is 1. The van der Waals surface area contributed by atoms with E-state index < -0.39 is 0 Å². The molecular weight excluding hydrogens is 273 g/mol. The molecule has 0 aromatic heterocycles. The van der Waals surface area contributed by atoms with E-state index in [1.807, 2.05) is 6.07 Å². The molecule has 1 heterocycles. The zero-order chi connectivity index (χ0) is 11.3. The van der Waals surface area contributed by atoms with Crippen LogP contribution < -0.4 is 5.32 Å². The second kappa shape index (κ2) is 3.37. The molecule has 2 nitrogen and oxygen atoms in total. The van der Waals surface area contributed by atoms with Crippen molar-refractivity contribution in [2.45, 2.75) is 17.9 Å². The number of rotatable bonds is 2. The molecule has 0 amide bonds. The Morgan fingerprint density at radius 3 is 3.00 bits per heavy atom. The number of halogens is 2. The Kier molecular flexibility index (Phi) is 2.20. The normalized spacial score (nSPS) is 35.9. The second-order valence-electron chi connectivity index (χ2n) is 4.63. The van der Waals surface area contributed by atoms with Crippen LogP contribution in [0.5, 0.6) is 0 Å². The third-order valence-corrected chi connectivity index (χ3v) is 4.33. The highest BCUT2D eigenvalue weighted by Gasteiger charge is 2.63. The number of hydrogen-bond donors (Lipinski definition) is 1. The third-order valence-electron chi connectivity index (χ3n) is 3.83. The smallest absolute Gasteiger partial charge is 0.137 e. The number of carbonyl (C=O) groups excluding carboxylic acids is 1. The van der Waals surface area contributed by atoms with E-state index in [9.17, 15) is 9.18 Å². The summed E-state index contributed by atoms with van der Waals surface area (Å²) in [6, 6.07) is 4.92. The standard InChI is InChI=1S/C12H11BrFNO/c13-7-1-2-10(14)8(3-7)12-4-9(12)11(5-16)15-6-12/h1-3,5,9,11,15H,4,6H2/t9-,11?,12+/m0/s1. The van der Waals surface area contributed by atoms with E-state index in [0.29, 0.717) is 6.54 Å². The Morgan fingerprint density at radius 1 is 1.56 bits per heavy atom. The molecule has 0 spiro atoms. The Labute approximate surface area is 101 Å². The predicted octanol–water partition coefficient (Wildman–Crippen LogP) is 2.02. The highest BCUT2D eigenvalue weighted by molar-refractivity contribution is 9.10. The van der Waals surface area contributed by atoms with E-state index in [4.69, 9.17) is 0 Å². The average Bonchev–Trinajstić information content (AvgIpc) is 2.90. The molecule has 1 aliphatic heterocycles. The minimum atomic E-state index is -0.168. The fourth-order valence-electron chi connectivity index (χ4n) is 2.88. The lowest BCUT2D eigenvalue weighted by Crippen LogP contribution is -2.28. The first-order valence-corrected chi connectivity index (χ1v) is 6.11. The first kappa shape index (κ1) is 10.4. The van der Waals surface area contributed by atoms with Gasteiger partial charge in [-0.25, -0.2) is 4.39 Å². The summed E-state index contributed by atoms with van der Waals surface area (Å²) in [6.07, 6.45) is 1.85. The molecule has 0 radical (unpaired) electrons. The highest BCUT2D eigenvalue weighted by Crippen LogP contribution is 2.59. The van der Waals surface area contributed by atoms with Gasteiger partial charge in [0.1, 0.15) is 12.1 Å². The van der Waals surface area contributed by atoms with Gasteiger partial charge in [-0.1, -0.05) is 15.9 Å². The molecule has 2 fully saturated rings. The molecule has 16 heavy (non-hydrogen) atoms. The van der Waals surface area contributed by atoms with Crippen molar-refractivity contribution in [3.63, 3.8) is 0 Å². The molecule has 1 unspecified atom stereocenters. The number of aldehydes is 1. The number of piperidine rings is 1. The maximum absolute atomic E-state index is 13.8. The molecule has 1 N–H and O–H groups in total. The number of nitrogens with one attached hydrogen (secondary N) is 1. The van der Waals surface area contributed by atoms with Gasteiger partial charge in [0.15, 0.2) is 0 Å². The van der Waals surface area contributed by atoms with Gasteiger partial charge in [0, 0.05) is 16.4 Å². The van der Waals surface area contributed by atoms with E-state index in [2.05, 4.69) is 21.2 Å². The molecule has 1 aliphatic carbocycles. The molecule has 1 aromatic rings. The van der Waals surface area contributed by atoms with Crippen LogP contribution in [0.15, 0.2) is 22.7 Å². The first-order chi connectivity index (χ1) is 7.67. The maximum Gasteiger partial charge on any atom is 0.137 e. The molecule has 1 saturated heterocycles. The van der Waals surface area contributed by atoms with Gasteiger partial charge in [-0.3, -0.25) is 0 Å². The van der Waals surface area contributed by atoms with Crippen molar-refractivity contribution in [1.82, 2.24) is 5.32 Å². The van der Waals surface area contributed by atoms with E-state index >= 15 is 0 Å².